The number of rotatable bonds is 7. The molecule has 0 bridgehead atoms. The summed E-state index contributed by atoms with van der Waals surface area (Å²) in [6, 6.07) is 9.53. The second-order valence-corrected chi connectivity index (χ2v) is 6.16. The smallest absolute Gasteiger partial charge is 0.407 e. The van der Waals surface area contributed by atoms with Gasteiger partial charge in [0.25, 0.3) is 0 Å². The van der Waals surface area contributed by atoms with Crippen molar-refractivity contribution in [3.05, 3.63) is 52.4 Å². The number of aromatic nitrogens is 2. The number of amides is 1. The second-order valence-electron chi connectivity index (χ2n) is 5.31. The van der Waals surface area contributed by atoms with Crippen LogP contribution in [0.25, 0.3) is 0 Å². The molecule has 7 heteroatoms. The van der Waals surface area contributed by atoms with E-state index in [4.69, 9.17) is 4.74 Å². The number of anilines is 1. The van der Waals surface area contributed by atoms with Gasteiger partial charge in [-0.05, 0) is 34.8 Å². The van der Waals surface area contributed by atoms with Crippen molar-refractivity contribution >= 4 is 27.8 Å². The Hall–Kier alpha value is -2.15. The normalized spacial score (nSPS) is 11.6. The third-order valence-corrected chi connectivity index (χ3v) is 3.99. The topological polar surface area (TPSA) is 76.1 Å². The first kappa shape index (κ1) is 18.2. The molecular formula is C17H21BrN4O2. The maximum atomic E-state index is 11.9. The zero-order valence-electron chi connectivity index (χ0n) is 13.8. The lowest BCUT2D eigenvalue weighted by Crippen LogP contribution is -2.39. The Morgan fingerprint density at radius 2 is 2.08 bits per heavy atom. The Morgan fingerprint density at radius 3 is 2.79 bits per heavy atom. The molecule has 2 aromatic rings. The van der Waals surface area contributed by atoms with Crippen molar-refractivity contribution in [2.45, 2.75) is 32.9 Å². The number of carbonyl (C=O) groups excluding carboxylic acids is 1. The molecule has 0 aliphatic rings. The van der Waals surface area contributed by atoms with E-state index in [0.717, 1.165) is 16.5 Å². The molecular weight excluding hydrogens is 372 g/mol. The fourth-order valence-corrected chi connectivity index (χ4v) is 2.36. The van der Waals surface area contributed by atoms with Crippen LogP contribution in [0.5, 0.6) is 0 Å². The highest BCUT2D eigenvalue weighted by Gasteiger charge is 2.12. The minimum Gasteiger partial charge on any atom is -0.445 e. The number of aryl methyl sites for hydroxylation is 1. The van der Waals surface area contributed by atoms with Gasteiger partial charge in [-0.25, -0.2) is 14.8 Å². The van der Waals surface area contributed by atoms with Crippen LogP contribution in [0.2, 0.25) is 0 Å². The average Bonchev–Trinajstić information content (AvgIpc) is 2.60. The van der Waals surface area contributed by atoms with Gasteiger partial charge in [-0.3, -0.25) is 0 Å². The third-order valence-electron chi connectivity index (χ3n) is 3.41. The summed E-state index contributed by atoms with van der Waals surface area (Å²) in [6.07, 6.45) is 2.05. The molecule has 2 rings (SSSR count). The summed E-state index contributed by atoms with van der Waals surface area (Å²) in [4.78, 5) is 20.3. The Balaban J connectivity index is 1.80. The molecule has 0 aliphatic heterocycles. The fraction of sp³-hybridized carbons (Fsp3) is 0.353. The number of halogens is 1. The number of ether oxygens (including phenoxy) is 1. The van der Waals surface area contributed by atoms with Gasteiger partial charge < -0.3 is 15.4 Å². The minimum absolute atomic E-state index is 0.0598. The van der Waals surface area contributed by atoms with E-state index in [1.165, 1.54) is 0 Å². The molecule has 128 valence electrons. The van der Waals surface area contributed by atoms with E-state index >= 15 is 0 Å². The Morgan fingerprint density at radius 1 is 1.33 bits per heavy atom. The molecule has 0 saturated carbocycles. The average molecular weight is 393 g/mol. The predicted molar refractivity (Wildman–Crippen MR) is 96.8 cm³/mol. The van der Waals surface area contributed by atoms with Crippen LogP contribution in [-0.4, -0.2) is 28.6 Å². The molecule has 2 N–H and O–H groups in total. The van der Waals surface area contributed by atoms with E-state index in [-0.39, 0.29) is 12.6 Å². The number of nitrogens with one attached hydrogen (secondary N) is 2. The van der Waals surface area contributed by atoms with Gasteiger partial charge in [-0.1, -0.05) is 37.3 Å². The highest BCUT2D eigenvalue weighted by atomic mass is 79.9. The third kappa shape index (κ3) is 5.81. The highest BCUT2D eigenvalue weighted by molar-refractivity contribution is 9.10. The molecule has 1 unspecified atom stereocenters. The second kappa shape index (κ2) is 9.22. The van der Waals surface area contributed by atoms with Crippen molar-refractivity contribution < 1.29 is 9.53 Å². The summed E-state index contributed by atoms with van der Waals surface area (Å²) in [5.74, 6) is 1.39. The number of carbonyl (C=O) groups is 1. The van der Waals surface area contributed by atoms with Gasteiger partial charge in [0.15, 0.2) is 0 Å². The summed E-state index contributed by atoms with van der Waals surface area (Å²) < 4.78 is 6.03. The predicted octanol–water partition coefficient (Wildman–Crippen LogP) is 3.66. The number of alkyl carbamates (subject to hydrolysis) is 1. The van der Waals surface area contributed by atoms with E-state index in [9.17, 15) is 4.79 Å². The molecule has 0 fully saturated rings. The molecule has 1 heterocycles. The molecule has 1 amide bonds. The van der Waals surface area contributed by atoms with Crippen molar-refractivity contribution in [3.63, 3.8) is 0 Å². The lowest BCUT2D eigenvalue weighted by Gasteiger charge is -2.18. The van der Waals surface area contributed by atoms with Crippen LogP contribution in [0.4, 0.5) is 10.6 Å². The van der Waals surface area contributed by atoms with Crippen molar-refractivity contribution in [1.82, 2.24) is 15.3 Å². The molecule has 0 spiro atoms. The fourth-order valence-electron chi connectivity index (χ4n) is 2.03. The van der Waals surface area contributed by atoms with Crippen molar-refractivity contribution in [1.29, 1.82) is 0 Å². The van der Waals surface area contributed by atoms with Gasteiger partial charge in [0.05, 0.1) is 4.47 Å². The number of benzene rings is 1. The molecule has 0 radical (unpaired) electrons. The van der Waals surface area contributed by atoms with E-state index in [1.54, 1.807) is 6.20 Å². The molecule has 1 aromatic heterocycles. The summed E-state index contributed by atoms with van der Waals surface area (Å²) in [5, 5.41) is 6.07. The van der Waals surface area contributed by atoms with Crippen LogP contribution >= 0.6 is 15.9 Å². The molecule has 6 nitrogen and oxygen atoms in total. The van der Waals surface area contributed by atoms with Crippen molar-refractivity contribution in [2.24, 2.45) is 0 Å². The first-order valence-corrected chi connectivity index (χ1v) is 8.58. The van der Waals surface area contributed by atoms with Crippen LogP contribution in [-0.2, 0) is 11.3 Å². The Labute approximate surface area is 150 Å². The van der Waals surface area contributed by atoms with Crippen LogP contribution in [0.15, 0.2) is 41.0 Å². The number of nitrogens with zero attached hydrogens (tertiary/aromatic N) is 2. The molecule has 0 aliphatic carbocycles. The lowest BCUT2D eigenvalue weighted by atomic mass is 10.2. The van der Waals surface area contributed by atoms with Crippen molar-refractivity contribution in [3.8, 4) is 0 Å². The highest BCUT2D eigenvalue weighted by Crippen LogP contribution is 2.18. The lowest BCUT2D eigenvalue weighted by molar-refractivity contribution is 0.136. The molecule has 1 atom stereocenters. The Kier molecular flexibility index (Phi) is 6.99. The van der Waals surface area contributed by atoms with E-state index in [1.807, 2.05) is 44.2 Å². The number of hydrogen-bond acceptors (Lipinski definition) is 5. The molecule has 0 saturated heterocycles. The first-order valence-electron chi connectivity index (χ1n) is 7.78. The van der Waals surface area contributed by atoms with Crippen LogP contribution in [0, 0.1) is 6.92 Å². The summed E-state index contributed by atoms with van der Waals surface area (Å²) in [7, 11) is 0. The van der Waals surface area contributed by atoms with E-state index < -0.39 is 6.09 Å². The van der Waals surface area contributed by atoms with Crippen LogP contribution < -0.4 is 10.6 Å². The van der Waals surface area contributed by atoms with Gasteiger partial charge in [-0.15, -0.1) is 0 Å². The maximum absolute atomic E-state index is 11.9. The van der Waals surface area contributed by atoms with Gasteiger partial charge in [-0.2, -0.15) is 0 Å². The monoisotopic (exact) mass is 392 g/mol. The zero-order chi connectivity index (χ0) is 17.4. The summed E-state index contributed by atoms with van der Waals surface area (Å²) in [6.45, 7) is 4.64. The summed E-state index contributed by atoms with van der Waals surface area (Å²) in [5.41, 5.74) is 0.958. The summed E-state index contributed by atoms with van der Waals surface area (Å²) >= 11 is 3.40. The molecule has 1 aromatic carbocycles. The minimum atomic E-state index is -0.426. The maximum Gasteiger partial charge on any atom is 0.407 e. The largest absolute Gasteiger partial charge is 0.445 e. The first-order chi connectivity index (χ1) is 11.6. The van der Waals surface area contributed by atoms with Crippen LogP contribution in [0.1, 0.15) is 24.7 Å². The van der Waals surface area contributed by atoms with E-state index in [2.05, 4.69) is 36.5 Å². The molecule has 24 heavy (non-hydrogen) atoms. The SMILES string of the molecule is CCC(CNc1nc(C)ncc1Br)NC(=O)OCc1ccccc1. The van der Waals surface area contributed by atoms with Gasteiger partial charge >= 0.3 is 6.09 Å². The standard InChI is InChI=1S/C17H21BrN4O2/c1-3-14(9-20-16-15(18)10-19-12(2)21-16)22-17(23)24-11-13-7-5-4-6-8-13/h4-8,10,14H,3,9,11H2,1-2H3,(H,22,23)(H,19,20,21). The quantitative estimate of drug-likeness (QED) is 0.751. The zero-order valence-corrected chi connectivity index (χ0v) is 15.3. The Bertz CT molecular complexity index is 667. The van der Waals surface area contributed by atoms with Crippen LogP contribution in [0.3, 0.4) is 0 Å². The van der Waals surface area contributed by atoms with E-state index in [0.29, 0.717) is 18.2 Å². The van der Waals surface area contributed by atoms with Crippen molar-refractivity contribution in [2.75, 3.05) is 11.9 Å². The van der Waals surface area contributed by atoms with Gasteiger partial charge in [0, 0.05) is 18.8 Å². The van der Waals surface area contributed by atoms with Gasteiger partial charge in [0.1, 0.15) is 18.2 Å². The number of hydrogen-bond donors (Lipinski definition) is 2. The van der Waals surface area contributed by atoms with Gasteiger partial charge in [0.2, 0.25) is 0 Å².